The number of phenolic OH excluding ortho intramolecular Hbond substituents is 1. The Hall–Kier alpha value is -2.13. The van der Waals surface area contributed by atoms with Gasteiger partial charge in [0.05, 0.1) is 12.2 Å². The molecule has 0 heterocycles. The van der Waals surface area contributed by atoms with Crippen molar-refractivity contribution < 1.29 is 14.6 Å². The van der Waals surface area contributed by atoms with Crippen molar-refractivity contribution in [3.63, 3.8) is 0 Å². The monoisotopic (exact) mass is 242 g/mol. The second kappa shape index (κ2) is 5.47. The average Bonchev–Trinajstić information content (AvgIpc) is 2.41. The summed E-state index contributed by atoms with van der Waals surface area (Å²) in [5.74, 6) is -0.199. The zero-order valence-corrected chi connectivity index (χ0v) is 10.1. The minimum absolute atomic E-state index is 0.0105. The van der Waals surface area contributed by atoms with Crippen LogP contribution in [0.4, 0.5) is 0 Å². The fraction of sp³-hybridized carbons (Fsp3) is 0.133. The van der Waals surface area contributed by atoms with E-state index in [0.29, 0.717) is 17.7 Å². The van der Waals surface area contributed by atoms with Crippen molar-refractivity contribution in [3.8, 4) is 5.75 Å². The normalized spacial score (nSPS) is 10.3. The summed E-state index contributed by atoms with van der Waals surface area (Å²) in [5, 5.41) is 9.77. The molecule has 0 saturated carbocycles. The Morgan fingerprint density at radius 3 is 2.56 bits per heavy atom. The summed E-state index contributed by atoms with van der Waals surface area (Å²) >= 11 is 0. The Morgan fingerprint density at radius 1 is 1.17 bits per heavy atom. The van der Waals surface area contributed by atoms with Crippen LogP contribution in [-0.4, -0.2) is 18.0 Å². The number of methoxy groups -OCH3 is 1. The van der Waals surface area contributed by atoms with Gasteiger partial charge in [-0.05, 0) is 17.7 Å². The summed E-state index contributed by atoms with van der Waals surface area (Å²) < 4.78 is 5.02. The summed E-state index contributed by atoms with van der Waals surface area (Å²) in [6.45, 7) is 0.412. The quantitative estimate of drug-likeness (QED) is 0.838. The number of hydrogen-bond acceptors (Lipinski definition) is 3. The maximum Gasteiger partial charge on any atom is 0.196 e. The van der Waals surface area contributed by atoms with Crippen LogP contribution < -0.4 is 0 Å². The first-order valence-corrected chi connectivity index (χ1v) is 5.63. The number of ketones is 1. The molecule has 3 heteroatoms. The smallest absolute Gasteiger partial charge is 0.196 e. The number of hydrogen-bond donors (Lipinski definition) is 1. The van der Waals surface area contributed by atoms with Crippen molar-refractivity contribution in [2.45, 2.75) is 6.61 Å². The molecule has 2 rings (SSSR count). The SMILES string of the molecule is COCc1ccc(O)c(C(=O)c2ccccc2)c1. The highest BCUT2D eigenvalue weighted by atomic mass is 16.5. The number of carbonyl (C=O) groups excluding carboxylic acids is 1. The van der Waals surface area contributed by atoms with E-state index in [1.54, 1.807) is 43.5 Å². The van der Waals surface area contributed by atoms with Gasteiger partial charge in [-0.1, -0.05) is 36.4 Å². The second-order valence-corrected chi connectivity index (χ2v) is 3.98. The van der Waals surface area contributed by atoms with E-state index < -0.39 is 0 Å². The van der Waals surface area contributed by atoms with Crippen LogP contribution >= 0.6 is 0 Å². The Balaban J connectivity index is 2.38. The third-order valence-electron chi connectivity index (χ3n) is 2.65. The van der Waals surface area contributed by atoms with Gasteiger partial charge in [0.25, 0.3) is 0 Å². The van der Waals surface area contributed by atoms with Gasteiger partial charge < -0.3 is 9.84 Å². The highest BCUT2D eigenvalue weighted by Crippen LogP contribution is 2.22. The molecular weight excluding hydrogens is 228 g/mol. The van der Waals surface area contributed by atoms with Gasteiger partial charge in [0.15, 0.2) is 5.78 Å². The maximum atomic E-state index is 12.2. The summed E-state index contributed by atoms with van der Waals surface area (Å²) in [5.41, 5.74) is 1.72. The molecule has 0 aliphatic rings. The van der Waals surface area contributed by atoms with Crippen molar-refractivity contribution in [1.29, 1.82) is 0 Å². The topological polar surface area (TPSA) is 46.5 Å². The van der Waals surface area contributed by atoms with Gasteiger partial charge in [0, 0.05) is 12.7 Å². The fourth-order valence-electron chi connectivity index (χ4n) is 1.77. The van der Waals surface area contributed by atoms with Crippen molar-refractivity contribution in [2.24, 2.45) is 0 Å². The van der Waals surface area contributed by atoms with Gasteiger partial charge in [-0.25, -0.2) is 0 Å². The highest BCUT2D eigenvalue weighted by molar-refractivity contribution is 6.10. The standard InChI is InChI=1S/C15H14O3/c1-18-10-11-7-8-14(16)13(9-11)15(17)12-5-3-2-4-6-12/h2-9,16H,10H2,1H3. The van der Waals surface area contributed by atoms with E-state index in [4.69, 9.17) is 4.74 Å². The molecule has 0 aromatic heterocycles. The minimum Gasteiger partial charge on any atom is -0.507 e. The predicted octanol–water partition coefficient (Wildman–Crippen LogP) is 2.77. The van der Waals surface area contributed by atoms with Gasteiger partial charge in [0.2, 0.25) is 0 Å². The first-order valence-electron chi connectivity index (χ1n) is 5.63. The number of benzene rings is 2. The van der Waals surface area contributed by atoms with Gasteiger partial charge in [0.1, 0.15) is 5.75 Å². The molecule has 92 valence electrons. The summed E-state index contributed by atoms with van der Waals surface area (Å²) in [6.07, 6.45) is 0. The molecule has 0 fully saturated rings. The van der Waals surface area contributed by atoms with Crippen LogP contribution in [0.3, 0.4) is 0 Å². The molecule has 0 aliphatic heterocycles. The van der Waals surface area contributed by atoms with Crippen molar-refractivity contribution in [1.82, 2.24) is 0 Å². The van der Waals surface area contributed by atoms with Crippen molar-refractivity contribution >= 4 is 5.78 Å². The molecule has 2 aromatic carbocycles. The maximum absolute atomic E-state index is 12.2. The van der Waals surface area contributed by atoms with Gasteiger partial charge in [-0.2, -0.15) is 0 Å². The molecule has 3 nitrogen and oxygen atoms in total. The molecule has 0 aliphatic carbocycles. The Bertz CT molecular complexity index is 547. The fourth-order valence-corrected chi connectivity index (χ4v) is 1.77. The number of aromatic hydroxyl groups is 1. The van der Waals surface area contributed by atoms with E-state index >= 15 is 0 Å². The van der Waals surface area contributed by atoms with Gasteiger partial charge >= 0.3 is 0 Å². The summed E-state index contributed by atoms with van der Waals surface area (Å²) in [6, 6.07) is 13.8. The van der Waals surface area contributed by atoms with Crippen LogP contribution in [0, 0.1) is 0 Å². The largest absolute Gasteiger partial charge is 0.507 e. The van der Waals surface area contributed by atoms with Gasteiger partial charge in [-0.3, -0.25) is 4.79 Å². The van der Waals surface area contributed by atoms with Crippen LogP contribution in [0.25, 0.3) is 0 Å². The molecule has 0 saturated heterocycles. The van der Waals surface area contributed by atoms with Crippen molar-refractivity contribution in [3.05, 3.63) is 65.2 Å². The van der Waals surface area contributed by atoms with Crippen molar-refractivity contribution in [2.75, 3.05) is 7.11 Å². The number of phenols is 1. The third-order valence-corrected chi connectivity index (χ3v) is 2.65. The van der Waals surface area contributed by atoms with E-state index in [-0.39, 0.29) is 11.5 Å². The summed E-state index contributed by atoms with van der Waals surface area (Å²) in [4.78, 5) is 12.2. The lowest BCUT2D eigenvalue weighted by Crippen LogP contribution is -2.02. The Kier molecular flexibility index (Phi) is 3.75. The predicted molar refractivity (Wildman–Crippen MR) is 68.7 cm³/mol. The van der Waals surface area contributed by atoms with Crippen LogP contribution in [0.5, 0.6) is 5.75 Å². The Morgan fingerprint density at radius 2 is 1.89 bits per heavy atom. The first-order chi connectivity index (χ1) is 8.72. The van der Waals surface area contributed by atoms with E-state index in [1.807, 2.05) is 6.07 Å². The lowest BCUT2D eigenvalue weighted by molar-refractivity contribution is 0.103. The number of ether oxygens (including phenoxy) is 1. The first kappa shape index (κ1) is 12.3. The van der Waals surface area contributed by atoms with E-state index in [1.165, 1.54) is 6.07 Å². The second-order valence-electron chi connectivity index (χ2n) is 3.98. The zero-order chi connectivity index (χ0) is 13.0. The van der Waals surface area contributed by atoms with E-state index in [9.17, 15) is 9.90 Å². The van der Waals surface area contributed by atoms with Crippen LogP contribution in [0.2, 0.25) is 0 Å². The van der Waals surface area contributed by atoms with Crippen LogP contribution in [0.1, 0.15) is 21.5 Å². The minimum atomic E-state index is -0.189. The molecular formula is C15H14O3. The molecule has 18 heavy (non-hydrogen) atoms. The van der Waals surface area contributed by atoms with Crippen LogP contribution in [0.15, 0.2) is 48.5 Å². The van der Waals surface area contributed by atoms with Crippen LogP contribution in [-0.2, 0) is 11.3 Å². The average molecular weight is 242 g/mol. The number of carbonyl (C=O) groups is 1. The third kappa shape index (κ3) is 2.57. The molecule has 2 aromatic rings. The summed E-state index contributed by atoms with van der Waals surface area (Å²) in [7, 11) is 1.59. The molecule has 0 radical (unpaired) electrons. The molecule has 1 N–H and O–H groups in total. The van der Waals surface area contributed by atoms with E-state index in [0.717, 1.165) is 5.56 Å². The van der Waals surface area contributed by atoms with E-state index in [2.05, 4.69) is 0 Å². The lowest BCUT2D eigenvalue weighted by atomic mass is 10.0. The highest BCUT2D eigenvalue weighted by Gasteiger charge is 2.13. The molecule has 0 atom stereocenters. The zero-order valence-electron chi connectivity index (χ0n) is 10.1. The Labute approximate surface area is 106 Å². The molecule has 0 amide bonds. The molecule has 0 bridgehead atoms. The lowest BCUT2D eigenvalue weighted by Gasteiger charge is -2.06. The molecule has 0 spiro atoms. The number of rotatable bonds is 4. The van der Waals surface area contributed by atoms with Gasteiger partial charge in [-0.15, -0.1) is 0 Å². The molecule has 0 unspecified atom stereocenters.